The van der Waals surface area contributed by atoms with E-state index in [4.69, 9.17) is 0 Å². The molecule has 1 aromatic carbocycles. The molecule has 0 spiro atoms. The topological polar surface area (TPSA) is 80.3 Å². The summed E-state index contributed by atoms with van der Waals surface area (Å²) in [6.45, 7) is 1.06. The van der Waals surface area contributed by atoms with Crippen LogP contribution >= 0.6 is 11.3 Å². The van der Waals surface area contributed by atoms with Crippen LogP contribution in [0.2, 0.25) is 0 Å². The average molecular weight is 333 g/mol. The highest BCUT2D eigenvalue weighted by molar-refractivity contribution is 7.22. The van der Waals surface area contributed by atoms with E-state index in [2.05, 4.69) is 20.4 Å². The quantitative estimate of drug-likeness (QED) is 0.899. The van der Waals surface area contributed by atoms with Crippen LogP contribution in [0.1, 0.15) is 6.92 Å². The molecule has 10 heteroatoms. The third-order valence-electron chi connectivity index (χ3n) is 2.34. The number of alkyl halides is 3. The molecule has 1 aromatic heterocycles. The van der Waals surface area contributed by atoms with Gasteiger partial charge in [-0.25, -0.2) is 4.98 Å². The van der Waals surface area contributed by atoms with Crippen molar-refractivity contribution in [1.29, 1.82) is 0 Å². The molecule has 0 saturated carbocycles. The maximum atomic E-state index is 12.1. The van der Waals surface area contributed by atoms with Crippen molar-refractivity contribution in [3.8, 4) is 5.75 Å². The molecule has 118 valence electrons. The molecule has 0 saturated heterocycles. The van der Waals surface area contributed by atoms with E-state index in [1.165, 1.54) is 19.1 Å². The van der Waals surface area contributed by atoms with Crippen molar-refractivity contribution in [3.05, 3.63) is 18.2 Å². The third-order valence-corrected chi connectivity index (χ3v) is 3.27. The first kappa shape index (κ1) is 16.0. The van der Waals surface area contributed by atoms with Crippen LogP contribution in [0.15, 0.2) is 18.2 Å². The minimum atomic E-state index is -4.77. The molecule has 2 aromatic rings. The van der Waals surface area contributed by atoms with Gasteiger partial charge in [-0.1, -0.05) is 11.3 Å². The van der Waals surface area contributed by atoms with Gasteiger partial charge in [0, 0.05) is 13.0 Å². The summed E-state index contributed by atoms with van der Waals surface area (Å²) in [6, 6.07) is 3.68. The van der Waals surface area contributed by atoms with Crippen LogP contribution in [0.25, 0.3) is 10.2 Å². The van der Waals surface area contributed by atoms with Crippen molar-refractivity contribution < 1.29 is 27.5 Å². The Bertz CT molecular complexity index is 714. The Labute approximate surface area is 126 Å². The maximum absolute atomic E-state index is 12.1. The highest BCUT2D eigenvalue weighted by Gasteiger charge is 2.31. The fourth-order valence-electron chi connectivity index (χ4n) is 1.52. The molecule has 0 atom stereocenters. The second kappa shape index (κ2) is 6.18. The second-order valence-electron chi connectivity index (χ2n) is 4.15. The third kappa shape index (κ3) is 4.58. The molecular formula is C12H10F3N3O3S. The lowest BCUT2D eigenvalue weighted by molar-refractivity contribution is -0.274. The molecule has 0 bridgehead atoms. The molecule has 2 amide bonds. The minimum Gasteiger partial charge on any atom is -0.406 e. The van der Waals surface area contributed by atoms with Gasteiger partial charge in [-0.15, -0.1) is 13.2 Å². The van der Waals surface area contributed by atoms with Crippen LogP contribution < -0.4 is 15.4 Å². The van der Waals surface area contributed by atoms with E-state index in [0.717, 1.165) is 17.4 Å². The first-order valence-corrected chi connectivity index (χ1v) is 6.75. The lowest BCUT2D eigenvalue weighted by atomic mass is 10.3. The van der Waals surface area contributed by atoms with E-state index in [1.54, 1.807) is 0 Å². The van der Waals surface area contributed by atoms with E-state index in [9.17, 15) is 22.8 Å². The number of halogens is 3. The highest BCUT2D eigenvalue weighted by Crippen LogP contribution is 2.31. The molecule has 0 unspecified atom stereocenters. The van der Waals surface area contributed by atoms with Crippen molar-refractivity contribution >= 4 is 38.5 Å². The van der Waals surface area contributed by atoms with Crippen molar-refractivity contribution in [2.24, 2.45) is 0 Å². The van der Waals surface area contributed by atoms with Gasteiger partial charge in [-0.2, -0.15) is 0 Å². The summed E-state index contributed by atoms with van der Waals surface area (Å²) >= 11 is 0.997. The minimum absolute atomic E-state index is 0.215. The fraction of sp³-hybridized carbons (Fsp3) is 0.250. The normalized spacial score (nSPS) is 11.3. The van der Waals surface area contributed by atoms with Crippen molar-refractivity contribution in [1.82, 2.24) is 10.3 Å². The Morgan fingerprint density at radius 1 is 1.36 bits per heavy atom. The van der Waals surface area contributed by atoms with Crippen LogP contribution in [0, 0.1) is 0 Å². The van der Waals surface area contributed by atoms with E-state index in [-0.39, 0.29) is 23.3 Å². The standard InChI is InChI=1S/C12H10F3N3O3S/c1-6(19)16-5-10(20)18-11-17-8-3-2-7(4-9(8)22-11)21-12(13,14)15/h2-4H,5H2,1H3,(H,16,19)(H,17,18,20). The lowest BCUT2D eigenvalue weighted by Gasteiger charge is -2.07. The van der Waals surface area contributed by atoms with Gasteiger partial charge in [0.25, 0.3) is 0 Å². The average Bonchev–Trinajstić information content (AvgIpc) is 2.75. The van der Waals surface area contributed by atoms with Gasteiger partial charge < -0.3 is 15.4 Å². The number of hydrogen-bond acceptors (Lipinski definition) is 5. The first-order chi connectivity index (χ1) is 10.2. The van der Waals surface area contributed by atoms with Gasteiger partial charge in [-0.05, 0) is 12.1 Å². The molecular weight excluding hydrogens is 323 g/mol. The van der Waals surface area contributed by atoms with Gasteiger partial charge in [0.15, 0.2) is 5.13 Å². The van der Waals surface area contributed by atoms with E-state index >= 15 is 0 Å². The molecule has 0 aliphatic rings. The largest absolute Gasteiger partial charge is 0.573 e. The summed E-state index contributed by atoms with van der Waals surface area (Å²) < 4.78 is 40.7. The Kier molecular flexibility index (Phi) is 4.50. The number of carbonyl (C=O) groups is 2. The molecule has 1 heterocycles. The maximum Gasteiger partial charge on any atom is 0.573 e. The summed E-state index contributed by atoms with van der Waals surface area (Å²) in [7, 11) is 0. The van der Waals surface area contributed by atoms with Gasteiger partial charge in [0.1, 0.15) is 5.75 Å². The van der Waals surface area contributed by atoms with E-state index in [0.29, 0.717) is 10.2 Å². The number of rotatable bonds is 4. The lowest BCUT2D eigenvalue weighted by Crippen LogP contribution is -2.31. The zero-order valence-electron chi connectivity index (χ0n) is 11.2. The Hall–Kier alpha value is -2.36. The summed E-state index contributed by atoms with van der Waals surface area (Å²) in [5, 5.41) is 4.98. The number of amides is 2. The number of benzene rings is 1. The van der Waals surface area contributed by atoms with Crippen LogP contribution in [0.5, 0.6) is 5.75 Å². The zero-order valence-corrected chi connectivity index (χ0v) is 12.0. The van der Waals surface area contributed by atoms with Crippen LogP contribution in [0.4, 0.5) is 18.3 Å². The molecule has 22 heavy (non-hydrogen) atoms. The molecule has 2 rings (SSSR count). The number of nitrogens with zero attached hydrogens (tertiary/aromatic N) is 1. The van der Waals surface area contributed by atoms with Crippen molar-refractivity contribution in [3.63, 3.8) is 0 Å². The number of hydrogen-bond donors (Lipinski definition) is 2. The number of nitrogens with one attached hydrogen (secondary N) is 2. The van der Waals surface area contributed by atoms with Crippen LogP contribution in [-0.2, 0) is 9.59 Å². The first-order valence-electron chi connectivity index (χ1n) is 5.93. The number of ether oxygens (including phenoxy) is 1. The summed E-state index contributed by atoms with van der Waals surface area (Å²) in [4.78, 5) is 26.3. The van der Waals surface area contributed by atoms with E-state index < -0.39 is 12.3 Å². The van der Waals surface area contributed by atoms with E-state index in [1.807, 2.05) is 0 Å². The summed E-state index contributed by atoms with van der Waals surface area (Å²) in [6.07, 6.45) is -4.77. The number of thiazole rings is 1. The predicted octanol–water partition coefficient (Wildman–Crippen LogP) is 2.27. The predicted molar refractivity (Wildman–Crippen MR) is 73.6 cm³/mol. The highest BCUT2D eigenvalue weighted by atomic mass is 32.1. The van der Waals surface area contributed by atoms with Crippen LogP contribution in [-0.4, -0.2) is 29.7 Å². The van der Waals surface area contributed by atoms with Crippen LogP contribution in [0.3, 0.4) is 0 Å². The van der Waals surface area contributed by atoms with Gasteiger partial charge in [0.05, 0.1) is 16.8 Å². The molecule has 0 radical (unpaired) electrons. The zero-order chi connectivity index (χ0) is 16.3. The van der Waals surface area contributed by atoms with Gasteiger partial charge in [0.2, 0.25) is 11.8 Å². The molecule has 6 nitrogen and oxygen atoms in total. The SMILES string of the molecule is CC(=O)NCC(=O)Nc1nc2ccc(OC(F)(F)F)cc2s1. The van der Waals surface area contributed by atoms with Gasteiger partial charge >= 0.3 is 6.36 Å². The molecule has 0 aliphatic carbocycles. The molecule has 2 N–H and O–H groups in total. The number of anilines is 1. The van der Waals surface area contributed by atoms with Crippen molar-refractivity contribution in [2.45, 2.75) is 13.3 Å². The fourth-order valence-corrected chi connectivity index (χ4v) is 2.43. The number of carbonyl (C=O) groups excluding carboxylic acids is 2. The monoisotopic (exact) mass is 333 g/mol. The Balaban J connectivity index is 2.10. The Morgan fingerprint density at radius 3 is 2.73 bits per heavy atom. The number of aromatic nitrogens is 1. The van der Waals surface area contributed by atoms with Crippen molar-refractivity contribution in [2.75, 3.05) is 11.9 Å². The summed E-state index contributed by atoms with van der Waals surface area (Å²) in [5.41, 5.74) is 0.425. The Morgan fingerprint density at radius 2 is 2.09 bits per heavy atom. The second-order valence-corrected chi connectivity index (χ2v) is 5.18. The molecule has 0 fully saturated rings. The smallest absolute Gasteiger partial charge is 0.406 e. The summed E-state index contributed by atoms with van der Waals surface area (Å²) in [5.74, 6) is -1.20. The van der Waals surface area contributed by atoms with Gasteiger partial charge in [-0.3, -0.25) is 9.59 Å². The number of fused-ring (bicyclic) bond motifs is 1. The molecule has 0 aliphatic heterocycles.